The summed E-state index contributed by atoms with van der Waals surface area (Å²) in [6, 6.07) is 17.8. The lowest BCUT2D eigenvalue weighted by atomic mass is 9.45. The molecular formula is C48H51NO18. The van der Waals surface area contributed by atoms with Crippen molar-refractivity contribution in [3.63, 3.8) is 0 Å². The van der Waals surface area contributed by atoms with Gasteiger partial charge in [-0.05, 0) is 50.2 Å². The highest BCUT2D eigenvalue weighted by Gasteiger charge is 2.92. The lowest BCUT2D eigenvalue weighted by Crippen LogP contribution is -2.89. The van der Waals surface area contributed by atoms with Crippen LogP contribution in [0.2, 0.25) is 0 Å². The number of carbonyl (C=O) groups excluding carboxylic acids is 8. The molecule has 1 spiro atoms. The van der Waals surface area contributed by atoms with E-state index < -0.39 is 138 Å². The Morgan fingerprint density at radius 3 is 1.81 bits per heavy atom. The van der Waals surface area contributed by atoms with Gasteiger partial charge >= 0.3 is 47.8 Å². The van der Waals surface area contributed by atoms with Crippen molar-refractivity contribution in [3.05, 3.63) is 101 Å². The number of benzene rings is 2. The summed E-state index contributed by atoms with van der Waals surface area (Å²) in [5.41, 5.74) is -10.7. The molecule has 1 saturated heterocycles. The van der Waals surface area contributed by atoms with Gasteiger partial charge in [0.15, 0.2) is 30.0 Å². The first-order valence-corrected chi connectivity index (χ1v) is 21.5. The lowest BCUT2D eigenvalue weighted by Gasteiger charge is -2.67. The molecule has 3 aromatic rings. The molecule has 2 aliphatic heterocycles. The van der Waals surface area contributed by atoms with Gasteiger partial charge < -0.3 is 47.7 Å². The van der Waals surface area contributed by atoms with Crippen LogP contribution in [0.3, 0.4) is 0 Å². The van der Waals surface area contributed by atoms with E-state index >= 15 is 0 Å². The fraction of sp³-hybridized carbons (Fsp3) is 0.479. The quantitative estimate of drug-likeness (QED) is 0.238. The summed E-state index contributed by atoms with van der Waals surface area (Å²) < 4.78 is 56.6. The van der Waals surface area contributed by atoms with Gasteiger partial charge in [0.2, 0.25) is 0 Å². The van der Waals surface area contributed by atoms with Gasteiger partial charge in [-0.2, -0.15) is 0 Å². The average molecular weight is 930 g/mol. The molecular weight excluding hydrogens is 879 g/mol. The maximum atomic E-state index is 14.8. The monoisotopic (exact) mass is 929 g/mol. The third kappa shape index (κ3) is 8.17. The molecule has 1 N–H and O–H groups in total. The summed E-state index contributed by atoms with van der Waals surface area (Å²) in [6.45, 7) is 7.70. The maximum Gasteiger partial charge on any atom is 0.340 e. The minimum atomic E-state index is -2.91. The van der Waals surface area contributed by atoms with E-state index in [2.05, 4.69) is 4.98 Å². The summed E-state index contributed by atoms with van der Waals surface area (Å²) >= 11 is 0. The predicted molar refractivity (Wildman–Crippen MR) is 225 cm³/mol. The molecule has 3 heterocycles. The second-order valence-electron chi connectivity index (χ2n) is 17.7. The molecule has 2 aliphatic carbocycles. The van der Waals surface area contributed by atoms with Gasteiger partial charge in [0.25, 0.3) is 0 Å². The minimum absolute atomic E-state index is 0.0562. The van der Waals surface area contributed by atoms with E-state index in [0.717, 1.165) is 34.6 Å². The molecule has 0 amide bonds. The highest BCUT2D eigenvalue weighted by molar-refractivity contribution is 5.92. The fourth-order valence-electron chi connectivity index (χ4n) is 10.4. The van der Waals surface area contributed by atoms with Crippen LogP contribution in [0, 0.1) is 17.3 Å². The molecule has 13 atom stereocenters. The van der Waals surface area contributed by atoms with Crippen LogP contribution in [0.15, 0.2) is 79.0 Å². The van der Waals surface area contributed by atoms with Crippen LogP contribution in [0.5, 0.6) is 0 Å². The Kier molecular flexibility index (Phi) is 13.1. The van der Waals surface area contributed by atoms with Crippen LogP contribution >= 0.6 is 0 Å². The Balaban J connectivity index is 1.65. The molecule has 2 unspecified atom stereocenters. The highest BCUT2D eigenvalue weighted by atomic mass is 16.7. The van der Waals surface area contributed by atoms with Gasteiger partial charge in [-0.1, -0.05) is 50.2 Å². The molecule has 2 saturated carbocycles. The van der Waals surface area contributed by atoms with E-state index in [9.17, 15) is 43.5 Å². The summed E-state index contributed by atoms with van der Waals surface area (Å²) in [7, 11) is 0. The molecule has 19 heteroatoms. The summed E-state index contributed by atoms with van der Waals surface area (Å²) in [4.78, 5) is 116. The van der Waals surface area contributed by atoms with E-state index in [1.165, 1.54) is 80.7 Å². The van der Waals surface area contributed by atoms with Crippen molar-refractivity contribution in [3.8, 4) is 0 Å². The Morgan fingerprint density at radius 1 is 0.687 bits per heavy atom. The number of pyridine rings is 1. The zero-order valence-corrected chi connectivity index (χ0v) is 38.0. The second kappa shape index (κ2) is 18.2. The van der Waals surface area contributed by atoms with E-state index in [-0.39, 0.29) is 22.4 Å². The van der Waals surface area contributed by atoms with Gasteiger partial charge in [-0.15, -0.1) is 0 Å². The van der Waals surface area contributed by atoms with Crippen molar-refractivity contribution >= 4 is 47.8 Å². The number of aliphatic hydroxyl groups is 1. The zero-order valence-electron chi connectivity index (χ0n) is 38.0. The van der Waals surface area contributed by atoms with Crippen LogP contribution in [-0.2, 0) is 66.6 Å². The van der Waals surface area contributed by atoms with Gasteiger partial charge in [-0.3, -0.25) is 29.0 Å². The molecule has 2 aromatic carbocycles. The first-order valence-electron chi connectivity index (χ1n) is 21.5. The first kappa shape index (κ1) is 48.2. The van der Waals surface area contributed by atoms with Crippen molar-refractivity contribution in [2.24, 2.45) is 17.3 Å². The molecule has 3 fully saturated rings. The zero-order chi connectivity index (χ0) is 48.8. The molecule has 7 rings (SSSR count). The molecule has 4 bridgehead atoms. The van der Waals surface area contributed by atoms with Gasteiger partial charge in [-0.25, -0.2) is 14.4 Å². The van der Waals surface area contributed by atoms with Crippen molar-refractivity contribution in [2.45, 2.75) is 115 Å². The second-order valence-corrected chi connectivity index (χ2v) is 17.7. The normalized spacial score (nSPS) is 34.1. The number of carbonyl (C=O) groups is 8. The third-order valence-electron chi connectivity index (χ3n) is 13.3. The van der Waals surface area contributed by atoms with Gasteiger partial charge in [0.1, 0.15) is 42.0 Å². The average Bonchev–Trinajstić information content (AvgIpc) is 3.50. The number of fused-ring (bicyclic) bond motifs is 5. The molecule has 356 valence electrons. The van der Waals surface area contributed by atoms with E-state index in [0.29, 0.717) is 0 Å². The molecule has 67 heavy (non-hydrogen) atoms. The van der Waals surface area contributed by atoms with Crippen molar-refractivity contribution in [1.82, 2.24) is 4.98 Å². The Morgan fingerprint density at radius 2 is 1.24 bits per heavy atom. The number of rotatable bonds is 9. The Bertz CT molecular complexity index is 2460. The minimum Gasteiger partial charge on any atom is -0.465 e. The summed E-state index contributed by atoms with van der Waals surface area (Å²) in [6.07, 6.45) is -11.1. The number of ether oxygens (including phenoxy) is 9. The number of hydrogen-bond donors (Lipinski definition) is 1. The van der Waals surface area contributed by atoms with E-state index in [1.807, 2.05) is 0 Å². The van der Waals surface area contributed by atoms with Crippen LogP contribution in [0.25, 0.3) is 0 Å². The predicted octanol–water partition coefficient (Wildman–Crippen LogP) is 3.62. The molecule has 4 aliphatic rings. The van der Waals surface area contributed by atoms with Gasteiger partial charge in [0, 0.05) is 39.8 Å². The Labute approximate surface area is 384 Å². The van der Waals surface area contributed by atoms with Gasteiger partial charge in [0.05, 0.1) is 34.2 Å². The fourth-order valence-corrected chi connectivity index (χ4v) is 10.4. The van der Waals surface area contributed by atoms with Crippen molar-refractivity contribution < 1.29 is 86.1 Å². The van der Waals surface area contributed by atoms with Crippen molar-refractivity contribution in [2.75, 3.05) is 13.2 Å². The van der Waals surface area contributed by atoms with Crippen molar-refractivity contribution in [1.29, 1.82) is 0 Å². The highest BCUT2D eigenvalue weighted by Crippen LogP contribution is 2.70. The van der Waals surface area contributed by atoms with E-state index in [4.69, 9.17) is 42.6 Å². The molecule has 19 nitrogen and oxygen atoms in total. The number of cyclic esters (lactones) is 1. The Hall–Kier alpha value is -6.73. The number of nitrogens with zero attached hydrogens (tertiary/aromatic N) is 1. The standard InChI is InChI=1S/C48H51NO18/c1-24-25(2)41(54)65-38-36(64-42(55)30-16-11-9-12-17-30)40(66-43(56)31-18-13-10-14-19-31)47(23-59-26(3)50)39(63-29(6)53)35(61-27(4)51)33-37(62-28(5)52)48(47,46(38,8)58)67-45(33,7)22-60-44(57)32-20-15-21-49-34(24)32/h9-21,24-25,33,35-40,58H,22-23H2,1-8H3/t24?,25?,33-,35-,36+,37-,38+,39-,40+,45+,46+,47-,48+/m1/s1. The van der Waals surface area contributed by atoms with Crippen LogP contribution in [-0.4, -0.2) is 124 Å². The number of esters is 8. The van der Waals surface area contributed by atoms with Crippen LogP contribution in [0.1, 0.15) is 98.1 Å². The molecule has 1 aromatic heterocycles. The lowest BCUT2D eigenvalue weighted by molar-refractivity contribution is -0.385. The summed E-state index contributed by atoms with van der Waals surface area (Å²) in [5.74, 6) is -12.0. The third-order valence-corrected chi connectivity index (χ3v) is 13.3. The topological polar surface area (TPSA) is 253 Å². The van der Waals surface area contributed by atoms with Crippen LogP contribution in [0.4, 0.5) is 0 Å². The van der Waals surface area contributed by atoms with Crippen LogP contribution < -0.4 is 0 Å². The molecule has 0 radical (unpaired) electrons. The SMILES string of the molecule is CC(=O)OC[C@]12[C@H](OC(C)=O)[C@H](OC(C)=O)[C@@H]3[C@@H](OC(C)=O)[C@@]14O[C@@]3(C)COC(=O)c1cccnc1C(C)C(C)C(=O)O[C@@H]([C@H](OC(=O)c1ccccc1)[C@@H]2OC(=O)c1ccccc1)[C@]4(C)O. The van der Waals surface area contributed by atoms with E-state index in [1.54, 1.807) is 19.1 Å². The largest absolute Gasteiger partial charge is 0.465 e. The first-order chi connectivity index (χ1) is 31.6. The smallest absolute Gasteiger partial charge is 0.340 e. The number of aromatic nitrogens is 1. The summed E-state index contributed by atoms with van der Waals surface area (Å²) in [5, 5.41) is 13.9. The maximum absolute atomic E-state index is 14.8. The number of hydrogen-bond acceptors (Lipinski definition) is 19.